The van der Waals surface area contributed by atoms with Crippen molar-refractivity contribution in [3.05, 3.63) is 64.4 Å². The van der Waals surface area contributed by atoms with Gasteiger partial charge >= 0.3 is 0 Å². The molecule has 1 aliphatic heterocycles. The van der Waals surface area contributed by atoms with Crippen molar-refractivity contribution >= 4 is 21.6 Å². The van der Waals surface area contributed by atoms with Gasteiger partial charge in [0.15, 0.2) is 0 Å². The molecule has 1 saturated heterocycles. The standard InChI is InChI=1S/C18H20ClFN2O2S/c1-14-4-2-3-5-15(14)13-21-8-10-22(11-9-21)25(23,24)16-6-7-18(20)17(19)12-16/h2-7,12H,8-11,13H2,1H3. The molecule has 25 heavy (non-hydrogen) atoms. The fraction of sp³-hybridized carbons (Fsp3) is 0.333. The second-order valence-corrected chi connectivity index (χ2v) is 8.53. The molecule has 0 bridgehead atoms. The van der Waals surface area contributed by atoms with Crippen molar-refractivity contribution in [2.24, 2.45) is 0 Å². The highest BCUT2D eigenvalue weighted by molar-refractivity contribution is 7.89. The number of piperazine rings is 1. The van der Waals surface area contributed by atoms with Crippen molar-refractivity contribution in [2.45, 2.75) is 18.4 Å². The van der Waals surface area contributed by atoms with Crippen molar-refractivity contribution in [3.63, 3.8) is 0 Å². The summed E-state index contributed by atoms with van der Waals surface area (Å²) in [5.41, 5.74) is 2.49. The second-order valence-electron chi connectivity index (χ2n) is 6.18. The Morgan fingerprint density at radius 2 is 1.76 bits per heavy atom. The zero-order valence-corrected chi connectivity index (χ0v) is 15.5. The fourth-order valence-corrected chi connectivity index (χ4v) is 4.64. The normalized spacial score (nSPS) is 16.9. The second kappa shape index (κ2) is 7.41. The summed E-state index contributed by atoms with van der Waals surface area (Å²) < 4.78 is 40.1. The Morgan fingerprint density at radius 1 is 1.08 bits per heavy atom. The van der Waals surface area contributed by atoms with Crippen LogP contribution in [0, 0.1) is 12.7 Å². The first-order chi connectivity index (χ1) is 11.9. The third-order valence-corrected chi connectivity index (χ3v) is 6.70. The molecular weight excluding hydrogens is 363 g/mol. The number of halogens is 2. The number of benzene rings is 2. The molecule has 0 radical (unpaired) electrons. The lowest BCUT2D eigenvalue weighted by molar-refractivity contribution is 0.181. The Balaban J connectivity index is 1.67. The van der Waals surface area contributed by atoms with E-state index in [1.54, 1.807) is 0 Å². The average molecular weight is 383 g/mol. The SMILES string of the molecule is Cc1ccccc1CN1CCN(S(=O)(=O)c2ccc(F)c(Cl)c2)CC1. The van der Waals surface area contributed by atoms with Gasteiger partial charge in [0.05, 0.1) is 9.92 Å². The number of sulfonamides is 1. The Kier molecular flexibility index (Phi) is 5.43. The summed E-state index contributed by atoms with van der Waals surface area (Å²) in [6.07, 6.45) is 0. The zero-order chi connectivity index (χ0) is 18.0. The maximum atomic E-state index is 13.3. The highest BCUT2D eigenvalue weighted by Crippen LogP contribution is 2.23. The summed E-state index contributed by atoms with van der Waals surface area (Å²) in [5, 5.41) is -0.181. The smallest absolute Gasteiger partial charge is 0.243 e. The Bertz CT molecular complexity index is 865. The summed E-state index contributed by atoms with van der Waals surface area (Å²) in [5.74, 6) is -0.622. The number of hydrogen-bond donors (Lipinski definition) is 0. The highest BCUT2D eigenvalue weighted by atomic mass is 35.5. The molecule has 0 saturated carbocycles. The van der Waals surface area contributed by atoms with Gasteiger partial charge in [-0.1, -0.05) is 35.9 Å². The van der Waals surface area contributed by atoms with Crippen LogP contribution in [0.15, 0.2) is 47.4 Å². The van der Waals surface area contributed by atoms with E-state index in [1.807, 2.05) is 12.1 Å². The van der Waals surface area contributed by atoms with E-state index in [0.717, 1.165) is 12.6 Å². The van der Waals surface area contributed by atoms with Crippen LogP contribution < -0.4 is 0 Å². The highest BCUT2D eigenvalue weighted by Gasteiger charge is 2.29. The van der Waals surface area contributed by atoms with Crippen LogP contribution in [0.2, 0.25) is 5.02 Å². The number of aryl methyl sites for hydroxylation is 1. The van der Waals surface area contributed by atoms with E-state index in [2.05, 4.69) is 24.0 Å². The molecular formula is C18H20ClFN2O2S. The summed E-state index contributed by atoms with van der Waals surface area (Å²) in [7, 11) is -3.65. The van der Waals surface area contributed by atoms with E-state index in [1.165, 1.54) is 27.6 Å². The van der Waals surface area contributed by atoms with Gasteiger partial charge in [0, 0.05) is 32.7 Å². The molecule has 2 aromatic carbocycles. The van der Waals surface area contributed by atoms with Gasteiger partial charge in [-0.2, -0.15) is 4.31 Å². The molecule has 0 amide bonds. The van der Waals surface area contributed by atoms with Crippen molar-refractivity contribution in [1.82, 2.24) is 9.21 Å². The molecule has 1 heterocycles. The molecule has 4 nitrogen and oxygen atoms in total. The number of rotatable bonds is 4. The van der Waals surface area contributed by atoms with Crippen LogP contribution in [0.5, 0.6) is 0 Å². The molecule has 0 aliphatic carbocycles. The average Bonchev–Trinajstić information content (AvgIpc) is 2.60. The monoisotopic (exact) mass is 382 g/mol. The van der Waals surface area contributed by atoms with E-state index in [-0.39, 0.29) is 9.92 Å². The first-order valence-corrected chi connectivity index (χ1v) is 9.92. The first kappa shape index (κ1) is 18.3. The van der Waals surface area contributed by atoms with Crippen LogP contribution >= 0.6 is 11.6 Å². The molecule has 1 aliphatic rings. The third-order valence-electron chi connectivity index (χ3n) is 4.52. The van der Waals surface area contributed by atoms with Crippen LogP contribution in [0.4, 0.5) is 4.39 Å². The van der Waals surface area contributed by atoms with Crippen molar-refractivity contribution < 1.29 is 12.8 Å². The molecule has 0 unspecified atom stereocenters. The van der Waals surface area contributed by atoms with Crippen molar-refractivity contribution in [3.8, 4) is 0 Å². The molecule has 2 aromatic rings. The predicted molar refractivity (Wildman–Crippen MR) is 96.6 cm³/mol. The van der Waals surface area contributed by atoms with E-state index in [9.17, 15) is 12.8 Å². The van der Waals surface area contributed by atoms with Gasteiger partial charge in [0.25, 0.3) is 0 Å². The zero-order valence-electron chi connectivity index (χ0n) is 14.0. The molecule has 0 N–H and O–H groups in total. The van der Waals surface area contributed by atoms with E-state index in [4.69, 9.17) is 11.6 Å². The van der Waals surface area contributed by atoms with Crippen LogP contribution in [0.1, 0.15) is 11.1 Å². The fourth-order valence-electron chi connectivity index (χ4n) is 2.94. The maximum absolute atomic E-state index is 13.3. The molecule has 134 valence electrons. The largest absolute Gasteiger partial charge is 0.296 e. The Labute approximate surface area is 152 Å². The van der Waals surface area contributed by atoms with Crippen molar-refractivity contribution in [2.75, 3.05) is 26.2 Å². The lowest BCUT2D eigenvalue weighted by Crippen LogP contribution is -2.48. The summed E-state index contributed by atoms with van der Waals surface area (Å²) in [4.78, 5) is 2.28. The van der Waals surface area contributed by atoms with Gasteiger partial charge in [-0.15, -0.1) is 0 Å². The Hall–Kier alpha value is -1.47. The van der Waals surface area contributed by atoms with Crippen LogP contribution in [0.3, 0.4) is 0 Å². The number of hydrogen-bond acceptors (Lipinski definition) is 3. The van der Waals surface area contributed by atoms with Gasteiger partial charge in [-0.25, -0.2) is 12.8 Å². The summed E-state index contributed by atoms with van der Waals surface area (Å²) in [6, 6.07) is 11.7. The quantitative estimate of drug-likeness (QED) is 0.814. The van der Waals surface area contributed by atoms with Crippen molar-refractivity contribution in [1.29, 1.82) is 0 Å². The van der Waals surface area contributed by atoms with Gasteiger partial charge in [-0.3, -0.25) is 4.90 Å². The summed E-state index contributed by atoms with van der Waals surface area (Å²) in [6.45, 7) is 5.01. The van der Waals surface area contributed by atoms with Gasteiger partial charge < -0.3 is 0 Å². The molecule has 7 heteroatoms. The van der Waals surface area contributed by atoms with Crippen LogP contribution in [0.25, 0.3) is 0 Å². The van der Waals surface area contributed by atoms with Gasteiger partial charge in [0.1, 0.15) is 5.82 Å². The van der Waals surface area contributed by atoms with E-state index < -0.39 is 15.8 Å². The topological polar surface area (TPSA) is 40.6 Å². The molecule has 1 fully saturated rings. The minimum atomic E-state index is -3.65. The van der Waals surface area contributed by atoms with Crippen LogP contribution in [-0.2, 0) is 16.6 Å². The van der Waals surface area contributed by atoms with Gasteiger partial charge in [-0.05, 0) is 36.2 Å². The lowest BCUT2D eigenvalue weighted by atomic mass is 10.1. The summed E-state index contributed by atoms with van der Waals surface area (Å²) >= 11 is 5.72. The van der Waals surface area contributed by atoms with Gasteiger partial charge in [0.2, 0.25) is 10.0 Å². The Morgan fingerprint density at radius 3 is 2.40 bits per heavy atom. The molecule has 0 atom stereocenters. The molecule has 3 rings (SSSR count). The van der Waals surface area contributed by atoms with Crippen LogP contribution in [-0.4, -0.2) is 43.8 Å². The predicted octanol–water partition coefficient (Wildman–Crippen LogP) is 3.29. The minimum Gasteiger partial charge on any atom is -0.296 e. The third kappa shape index (κ3) is 4.03. The molecule has 0 aromatic heterocycles. The van der Waals surface area contributed by atoms with E-state index in [0.29, 0.717) is 26.2 Å². The molecule has 0 spiro atoms. The van der Waals surface area contributed by atoms with E-state index >= 15 is 0 Å². The maximum Gasteiger partial charge on any atom is 0.243 e. The minimum absolute atomic E-state index is 0.0336. The lowest BCUT2D eigenvalue weighted by Gasteiger charge is -2.34. The first-order valence-electron chi connectivity index (χ1n) is 8.10. The number of nitrogens with zero attached hydrogens (tertiary/aromatic N) is 2.